The van der Waals surface area contributed by atoms with Crippen LogP contribution in [0, 0.1) is 5.92 Å². The molecule has 5 nitrogen and oxygen atoms in total. The number of nitrogens with zero attached hydrogens (tertiary/aromatic N) is 4. The van der Waals surface area contributed by atoms with Crippen molar-refractivity contribution >= 4 is 11.7 Å². The molecule has 0 spiro atoms. The summed E-state index contributed by atoms with van der Waals surface area (Å²) in [7, 11) is 0. The Morgan fingerprint density at radius 3 is 2.65 bits per heavy atom. The van der Waals surface area contributed by atoms with Crippen LogP contribution in [0.1, 0.15) is 56.7 Å². The zero-order valence-electron chi connectivity index (χ0n) is 13.8. The summed E-state index contributed by atoms with van der Waals surface area (Å²) in [5.74, 6) is 3.75. The molecule has 0 aromatic carbocycles. The van der Waals surface area contributed by atoms with E-state index in [9.17, 15) is 4.79 Å². The summed E-state index contributed by atoms with van der Waals surface area (Å²) in [6.45, 7) is 4.03. The van der Waals surface area contributed by atoms with E-state index in [1.54, 1.807) is 0 Å². The molecule has 3 aliphatic rings. The molecule has 5 heteroatoms. The van der Waals surface area contributed by atoms with E-state index in [1.807, 2.05) is 12.3 Å². The van der Waals surface area contributed by atoms with Gasteiger partial charge in [-0.05, 0) is 50.5 Å². The molecule has 0 unspecified atom stereocenters. The molecule has 2 aliphatic heterocycles. The Morgan fingerprint density at radius 1 is 1.09 bits per heavy atom. The summed E-state index contributed by atoms with van der Waals surface area (Å²) >= 11 is 0. The number of anilines is 1. The minimum absolute atomic E-state index is 0.364. The fraction of sp³-hybridized carbons (Fsp3) is 0.722. The molecule has 1 amide bonds. The summed E-state index contributed by atoms with van der Waals surface area (Å²) in [6, 6.07) is 2.04. The highest BCUT2D eigenvalue weighted by molar-refractivity contribution is 5.76. The van der Waals surface area contributed by atoms with Gasteiger partial charge < -0.3 is 9.80 Å². The van der Waals surface area contributed by atoms with Crippen molar-refractivity contribution in [1.82, 2.24) is 14.9 Å². The van der Waals surface area contributed by atoms with E-state index in [0.717, 1.165) is 63.5 Å². The van der Waals surface area contributed by atoms with Crippen LogP contribution in [-0.2, 0) is 4.79 Å². The fourth-order valence-electron chi connectivity index (χ4n) is 3.79. The largest absolute Gasteiger partial charge is 0.356 e. The smallest absolute Gasteiger partial charge is 0.222 e. The maximum absolute atomic E-state index is 12.0. The SMILES string of the molecule is O=C1CCCCN1CC1CCN(c2ccnc(C3CC3)n2)CC1. The standard InChI is InChI=1S/C18H26N4O/c23-17-3-1-2-10-22(17)13-14-7-11-21(12-8-14)16-6-9-19-18(20-16)15-4-5-15/h6,9,14-15H,1-5,7-8,10-13H2. The molecule has 1 aromatic rings. The molecule has 1 saturated carbocycles. The lowest BCUT2D eigenvalue weighted by Gasteiger charge is -2.36. The first-order valence-electron chi connectivity index (χ1n) is 9.15. The molecular weight excluding hydrogens is 288 g/mol. The van der Waals surface area contributed by atoms with Gasteiger partial charge in [-0.1, -0.05) is 0 Å². The average molecular weight is 314 g/mol. The number of hydrogen-bond donors (Lipinski definition) is 0. The molecule has 124 valence electrons. The number of likely N-dealkylation sites (tertiary alicyclic amines) is 1. The zero-order valence-corrected chi connectivity index (χ0v) is 13.8. The Kier molecular flexibility index (Phi) is 4.19. The molecule has 1 aromatic heterocycles. The Hall–Kier alpha value is -1.65. The molecule has 2 saturated heterocycles. The van der Waals surface area contributed by atoms with E-state index in [4.69, 9.17) is 4.98 Å². The predicted octanol–water partition coefficient (Wildman–Crippen LogP) is 2.58. The minimum atomic E-state index is 0.364. The normalized spacial score (nSPS) is 23.4. The molecule has 3 fully saturated rings. The molecular formula is C18H26N4O. The van der Waals surface area contributed by atoms with Crippen LogP contribution in [0.2, 0.25) is 0 Å². The summed E-state index contributed by atoms with van der Waals surface area (Å²) in [6.07, 6.45) is 9.72. The van der Waals surface area contributed by atoms with Gasteiger partial charge in [0.15, 0.2) is 0 Å². The van der Waals surface area contributed by atoms with E-state index in [2.05, 4.69) is 14.8 Å². The molecule has 0 atom stereocenters. The van der Waals surface area contributed by atoms with Gasteiger partial charge in [-0.2, -0.15) is 0 Å². The van der Waals surface area contributed by atoms with Gasteiger partial charge in [-0.25, -0.2) is 9.97 Å². The Morgan fingerprint density at radius 2 is 1.91 bits per heavy atom. The van der Waals surface area contributed by atoms with Crippen LogP contribution < -0.4 is 4.90 Å². The number of carbonyl (C=O) groups excluding carboxylic acids is 1. The Labute approximate surface area is 138 Å². The number of piperidine rings is 2. The van der Waals surface area contributed by atoms with Gasteiger partial charge in [0.1, 0.15) is 11.6 Å². The average Bonchev–Trinajstić information content (AvgIpc) is 3.43. The second-order valence-electron chi connectivity index (χ2n) is 7.27. The van der Waals surface area contributed by atoms with Crippen molar-refractivity contribution in [3.8, 4) is 0 Å². The van der Waals surface area contributed by atoms with Crippen molar-refractivity contribution < 1.29 is 4.79 Å². The number of hydrogen-bond acceptors (Lipinski definition) is 4. The van der Waals surface area contributed by atoms with Crippen molar-refractivity contribution in [3.05, 3.63) is 18.1 Å². The quantitative estimate of drug-likeness (QED) is 0.857. The highest BCUT2D eigenvalue weighted by Crippen LogP contribution is 2.38. The molecule has 4 rings (SSSR count). The van der Waals surface area contributed by atoms with Crippen molar-refractivity contribution in [3.63, 3.8) is 0 Å². The summed E-state index contributed by atoms with van der Waals surface area (Å²) in [5.41, 5.74) is 0. The maximum atomic E-state index is 12.0. The Bertz CT molecular complexity index is 564. The lowest BCUT2D eigenvalue weighted by atomic mass is 9.95. The maximum Gasteiger partial charge on any atom is 0.222 e. The van der Waals surface area contributed by atoms with Crippen molar-refractivity contribution in [2.45, 2.75) is 50.9 Å². The molecule has 23 heavy (non-hydrogen) atoms. The van der Waals surface area contributed by atoms with E-state index >= 15 is 0 Å². The third-order valence-corrected chi connectivity index (χ3v) is 5.44. The van der Waals surface area contributed by atoms with E-state index in [0.29, 0.717) is 17.7 Å². The minimum Gasteiger partial charge on any atom is -0.356 e. The third-order valence-electron chi connectivity index (χ3n) is 5.44. The van der Waals surface area contributed by atoms with Gasteiger partial charge in [-0.3, -0.25) is 4.79 Å². The summed E-state index contributed by atoms with van der Waals surface area (Å²) < 4.78 is 0. The lowest BCUT2D eigenvalue weighted by Crippen LogP contribution is -2.42. The molecule has 0 N–H and O–H groups in total. The number of amides is 1. The summed E-state index contributed by atoms with van der Waals surface area (Å²) in [4.78, 5) is 25.6. The van der Waals surface area contributed by atoms with E-state index in [-0.39, 0.29) is 0 Å². The van der Waals surface area contributed by atoms with Gasteiger partial charge in [0.05, 0.1) is 0 Å². The molecule has 3 heterocycles. The first-order valence-corrected chi connectivity index (χ1v) is 9.15. The van der Waals surface area contributed by atoms with Gasteiger partial charge >= 0.3 is 0 Å². The van der Waals surface area contributed by atoms with Gasteiger partial charge in [0.2, 0.25) is 5.91 Å². The van der Waals surface area contributed by atoms with E-state index < -0.39 is 0 Å². The zero-order chi connectivity index (χ0) is 15.6. The van der Waals surface area contributed by atoms with Crippen LogP contribution >= 0.6 is 0 Å². The third kappa shape index (κ3) is 3.48. The Balaban J connectivity index is 1.32. The lowest BCUT2D eigenvalue weighted by molar-refractivity contribution is -0.134. The van der Waals surface area contributed by atoms with Gasteiger partial charge in [-0.15, -0.1) is 0 Å². The van der Waals surface area contributed by atoms with Crippen LogP contribution in [0.5, 0.6) is 0 Å². The first kappa shape index (κ1) is 14.9. The highest BCUT2D eigenvalue weighted by atomic mass is 16.2. The molecule has 0 bridgehead atoms. The fourth-order valence-corrected chi connectivity index (χ4v) is 3.79. The van der Waals surface area contributed by atoms with E-state index in [1.165, 1.54) is 19.3 Å². The molecule has 1 aliphatic carbocycles. The number of rotatable bonds is 4. The van der Waals surface area contributed by atoms with Crippen LogP contribution in [0.15, 0.2) is 12.3 Å². The highest BCUT2D eigenvalue weighted by Gasteiger charge is 2.28. The molecule has 0 radical (unpaired) electrons. The van der Waals surface area contributed by atoms with Gasteiger partial charge in [0.25, 0.3) is 0 Å². The van der Waals surface area contributed by atoms with Crippen LogP contribution in [0.4, 0.5) is 5.82 Å². The van der Waals surface area contributed by atoms with Crippen molar-refractivity contribution in [2.75, 3.05) is 31.1 Å². The van der Waals surface area contributed by atoms with Crippen LogP contribution in [0.3, 0.4) is 0 Å². The predicted molar refractivity (Wildman–Crippen MR) is 89.4 cm³/mol. The second kappa shape index (κ2) is 6.46. The number of carbonyl (C=O) groups is 1. The monoisotopic (exact) mass is 314 g/mol. The number of aromatic nitrogens is 2. The van der Waals surface area contributed by atoms with Crippen molar-refractivity contribution in [1.29, 1.82) is 0 Å². The first-order chi connectivity index (χ1) is 11.3. The van der Waals surface area contributed by atoms with Crippen LogP contribution in [-0.4, -0.2) is 47.0 Å². The van der Waals surface area contributed by atoms with Crippen molar-refractivity contribution in [2.24, 2.45) is 5.92 Å². The second-order valence-corrected chi connectivity index (χ2v) is 7.27. The summed E-state index contributed by atoms with van der Waals surface area (Å²) in [5, 5.41) is 0. The van der Waals surface area contributed by atoms with Crippen LogP contribution in [0.25, 0.3) is 0 Å². The topological polar surface area (TPSA) is 49.3 Å². The van der Waals surface area contributed by atoms with Gasteiger partial charge in [0, 0.05) is 44.7 Å².